The predicted molar refractivity (Wildman–Crippen MR) is 104 cm³/mol. The third-order valence-corrected chi connectivity index (χ3v) is 4.44. The standard InChI is InChI=1S/C20H23ClN4O/c1-2-11-25-20(18(21)13-23-25)19(24-22)16-9-6-10-17(12-16)26-14-15-7-4-3-5-8-15/h3-10,12-13,19,24H,2,11,14,22H2,1H3. The third-order valence-electron chi connectivity index (χ3n) is 4.15. The number of aryl methyl sites for hydroxylation is 1. The van der Waals surface area contributed by atoms with Crippen LogP contribution in [0.3, 0.4) is 0 Å². The third kappa shape index (κ3) is 4.25. The number of hydrazine groups is 1. The van der Waals surface area contributed by atoms with Gasteiger partial charge in [-0.05, 0) is 29.7 Å². The first-order valence-electron chi connectivity index (χ1n) is 8.67. The van der Waals surface area contributed by atoms with Crippen molar-refractivity contribution < 1.29 is 4.74 Å². The highest BCUT2D eigenvalue weighted by molar-refractivity contribution is 6.31. The molecule has 1 aromatic heterocycles. The van der Waals surface area contributed by atoms with Crippen molar-refractivity contribution in [1.29, 1.82) is 0 Å². The SMILES string of the molecule is CCCn1ncc(Cl)c1C(NN)c1cccc(OCc2ccccc2)c1. The van der Waals surface area contributed by atoms with E-state index in [9.17, 15) is 0 Å². The van der Waals surface area contributed by atoms with Gasteiger partial charge in [0.2, 0.25) is 0 Å². The maximum Gasteiger partial charge on any atom is 0.120 e. The van der Waals surface area contributed by atoms with Gasteiger partial charge in [-0.3, -0.25) is 10.5 Å². The Morgan fingerprint density at radius 3 is 2.73 bits per heavy atom. The Hall–Kier alpha value is -2.34. The van der Waals surface area contributed by atoms with Crippen LogP contribution in [0.15, 0.2) is 60.8 Å². The van der Waals surface area contributed by atoms with Crippen LogP contribution < -0.4 is 16.0 Å². The highest BCUT2D eigenvalue weighted by Gasteiger charge is 2.21. The first-order chi connectivity index (χ1) is 12.7. The molecule has 0 saturated carbocycles. The molecule has 0 aliphatic carbocycles. The number of hydrogen-bond acceptors (Lipinski definition) is 4. The number of aromatic nitrogens is 2. The summed E-state index contributed by atoms with van der Waals surface area (Å²) >= 11 is 6.37. The Morgan fingerprint density at radius 2 is 2.00 bits per heavy atom. The summed E-state index contributed by atoms with van der Waals surface area (Å²) in [4.78, 5) is 0. The molecule has 0 radical (unpaired) electrons. The molecule has 3 rings (SSSR count). The van der Waals surface area contributed by atoms with Crippen molar-refractivity contribution in [2.24, 2.45) is 5.84 Å². The number of ether oxygens (including phenoxy) is 1. The monoisotopic (exact) mass is 370 g/mol. The summed E-state index contributed by atoms with van der Waals surface area (Å²) in [6, 6.07) is 17.7. The lowest BCUT2D eigenvalue weighted by molar-refractivity contribution is 0.305. The molecule has 0 fully saturated rings. The smallest absolute Gasteiger partial charge is 0.120 e. The molecule has 0 aliphatic heterocycles. The van der Waals surface area contributed by atoms with Crippen LogP contribution in [-0.2, 0) is 13.2 Å². The summed E-state index contributed by atoms with van der Waals surface area (Å²) in [5.41, 5.74) is 5.81. The van der Waals surface area contributed by atoms with Crippen molar-refractivity contribution in [2.75, 3.05) is 0 Å². The molecule has 0 aliphatic rings. The zero-order valence-corrected chi connectivity index (χ0v) is 15.5. The minimum atomic E-state index is -0.267. The molecule has 3 N–H and O–H groups in total. The van der Waals surface area contributed by atoms with Gasteiger partial charge in [-0.15, -0.1) is 0 Å². The van der Waals surface area contributed by atoms with Gasteiger partial charge in [0.15, 0.2) is 0 Å². The van der Waals surface area contributed by atoms with E-state index in [4.69, 9.17) is 22.2 Å². The van der Waals surface area contributed by atoms with E-state index in [1.807, 2.05) is 59.3 Å². The van der Waals surface area contributed by atoms with E-state index >= 15 is 0 Å². The van der Waals surface area contributed by atoms with E-state index in [1.54, 1.807) is 6.20 Å². The zero-order chi connectivity index (χ0) is 18.4. The summed E-state index contributed by atoms with van der Waals surface area (Å²) in [7, 11) is 0. The lowest BCUT2D eigenvalue weighted by Crippen LogP contribution is -2.31. The first kappa shape index (κ1) is 18.5. The molecule has 26 heavy (non-hydrogen) atoms. The fraction of sp³-hybridized carbons (Fsp3) is 0.250. The van der Waals surface area contributed by atoms with Crippen LogP contribution in [0.2, 0.25) is 5.02 Å². The van der Waals surface area contributed by atoms with E-state index in [2.05, 4.69) is 17.4 Å². The van der Waals surface area contributed by atoms with Gasteiger partial charge < -0.3 is 4.74 Å². The molecule has 1 heterocycles. The number of rotatable bonds is 8. The number of nitrogens with zero attached hydrogens (tertiary/aromatic N) is 2. The van der Waals surface area contributed by atoms with Crippen molar-refractivity contribution in [3.05, 3.63) is 82.6 Å². The minimum Gasteiger partial charge on any atom is -0.489 e. The van der Waals surface area contributed by atoms with Crippen molar-refractivity contribution in [3.63, 3.8) is 0 Å². The quantitative estimate of drug-likeness (QED) is 0.463. The Kier molecular flexibility index (Phi) is 6.28. The van der Waals surface area contributed by atoms with E-state index in [0.29, 0.717) is 11.6 Å². The molecule has 0 saturated heterocycles. The first-order valence-corrected chi connectivity index (χ1v) is 9.04. The van der Waals surface area contributed by atoms with Gasteiger partial charge in [-0.1, -0.05) is 61.0 Å². The highest BCUT2D eigenvalue weighted by atomic mass is 35.5. The van der Waals surface area contributed by atoms with Crippen molar-refractivity contribution in [3.8, 4) is 5.75 Å². The van der Waals surface area contributed by atoms with E-state index in [1.165, 1.54) is 0 Å². The summed E-state index contributed by atoms with van der Waals surface area (Å²) in [5.74, 6) is 6.64. The second-order valence-corrected chi connectivity index (χ2v) is 6.45. The molecule has 0 spiro atoms. The van der Waals surface area contributed by atoms with Gasteiger partial charge in [0.05, 0.1) is 23.0 Å². The Bertz CT molecular complexity index is 835. The summed E-state index contributed by atoms with van der Waals surface area (Å²) in [6.07, 6.45) is 2.62. The second kappa shape index (κ2) is 8.85. The molecule has 6 heteroatoms. The Balaban J connectivity index is 1.82. The number of nitrogens with one attached hydrogen (secondary N) is 1. The van der Waals surface area contributed by atoms with Crippen molar-refractivity contribution in [2.45, 2.75) is 32.5 Å². The average Bonchev–Trinajstić information content (AvgIpc) is 3.03. The van der Waals surface area contributed by atoms with Crippen LogP contribution in [0.1, 0.15) is 36.2 Å². The zero-order valence-electron chi connectivity index (χ0n) is 14.7. The summed E-state index contributed by atoms with van der Waals surface area (Å²) < 4.78 is 7.82. The average molecular weight is 371 g/mol. The molecule has 3 aromatic rings. The topological polar surface area (TPSA) is 65.1 Å². The number of nitrogens with two attached hydrogens (primary N) is 1. The van der Waals surface area contributed by atoms with Gasteiger partial charge in [0, 0.05) is 6.54 Å². The minimum absolute atomic E-state index is 0.267. The van der Waals surface area contributed by atoms with Gasteiger partial charge in [0.25, 0.3) is 0 Å². The summed E-state index contributed by atoms with van der Waals surface area (Å²) in [5, 5.41) is 4.95. The van der Waals surface area contributed by atoms with Crippen molar-refractivity contribution in [1.82, 2.24) is 15.2 Å². The number of hydrogen-bond donors (Lipinski definition) is 2. The van der Waals surface area contributed by atoms with Crippen LogP contribution in [0, 0.1) is 0 Å². The van der Waals surface area contributed by atoms with E-state index < -0.39 is 0 Å². The molecule has 5 nitrogen and oxygen atoms in total. The molecule has 2 aromatic carbocycles. The molecule has 0 amide bonds. The van der Waals surface area contributed by atoms with Gasteiger partial charge >= 0.3 is 0 Å². The lowest BCUT2D eigenvalue weighted by atomic mass is 10.0. The molecular weight excluding hydrogens is 348 g/mol. The normalized spacial score (nSPS) is 12.1. The fourth-order valence-corrected chi connectivity index (χ4v) is 3.16. The maximum atomic E-state index is 6.37. The molecule has 1 unspecified atom stereocenters. The van der Waals surface area contributed by atoms with Crippen LogP contribution in [-0.4, -0.2) is 9.78 Å². The largest absolute Gasteiger partial charge is 0.489 e. The molecule has 0 bridgehead atoms. The van der Waals surface area contributed by atoms with Gasteiger partial charge in [-0.2, -0.15) is 5.10 Å². The van der Waals surface area contributed by atoms with Crippen LogP contribution in [0.5, 0.6) is 5.75 Å². The maximum absolute atomic E-state index is 6.37. The van der Waals surface area contributed by atoms with Crippen LogP contribution in [0.25, 0.3) is 0 Å². The molecule has 1 atom stereocenters. The number of halogens is 1. The molecule has 136 valence electrons. The van der Waals surface area contributed by atoms with E-state index in [0.717, 1.165) is 35.5 Å². The number of benzene rings is 2. The fourth-order valence-electron chi connectivity index (χ4n) is 2.91. The molecular formula is C20H23ClN4O. The van der Waals surface area contributed by atoms with Gasteiger partial charge in [-0.25, -0.2) is 5.43 Å². The lowest BCUT2D eigenvalue weighted by Gasteiger charge is -2.19. The Morgan fingerprint density at radius 1 is 1.19 bits per heavy atom. The van der Waals surface area contributed by atoms with Crippen molar-refractivity contribution >= 4 is 11.6 Å². The van der Waals surface area contributed by atoms with Crippen LogP contribution >= 0.6 is 11.6 Å². The highest BCUT2D eigenvalue weighted by Crippen LogP contribution is 2.30. The predicted octanol–water partition coefficient (Wildman–Crippen LogP) is 4.08. The van der Waals surface area contributed by atoms with Crippen LogP contribution in [0.4, 0.5) is 0 Å². The summed E-state index contributed by atoms with van der Waals surface area (Å²) in [6.45, 7) is 3.40. The van der Waals surface area contributed by atoms with E-state index in [-0.39, 0.29) is 6.04 Å². The Labute approximate surface area is 158 Å². The van der Waals surface area contributed by atoms with Gasteiger partial charge in [0.1, 0.15) is 12.4 Å². The second-order valence-electron chi connectivity index (χ2n) is 6.05.